The van der Waals surface area contributed by atoms with Gasteiger partial charge in [-0.25, -0.2) is 0 Å². The van der Waals surface area contributed by atoms with Gasteiger partial charge in [0.25, 0.3) is 0 Å². The summed E-state index contributed by atoms with van der Waals surface area (Å²) in [6.07, 6.45) is 0. The number of nitrogens with one attached hydrogen (secondary N) is 1. The molecule has 0 unspecified atom stereocenters. The van der Waals surface area contributed by atoms with E-state index in [1.807, 2.05) is 0 Å². The van der Waals surface area contributed by atoms with Crippen molar-refractivity contribution in [2.45, 2.75) is 27.0 Å². The van der Waals surface area contributed by atoms with Crippen LogP contribution in [0.3, 0.4) is 0 Å². The molecule has 0 spiro atoms. The highest BCUT2D eigenvalue weighted by Crippen LogP contribution is 2.25. The van der Waals surface area contributed by atoms with Gasteiger partial charge in [0.15, 0.2) is 0 Å². The molecular formula is C17H20BrNO. The molecule has 0 aliphatic rings. The fourth-order valence-electron chi connectivity index (χ4n) is 2.30. The van der Waals surface area contributed by atoms with Crippen LogP contribution in [0.4, 0.5) is 5.69 Å². The molecule has 0 saturated carbocycles. The lowest BCUT2D eigenvalue weighted by atomic mass is 10.1. The Balaban J connectivity index is 2.05. The van der Waals surface area contributed by atoms with Crippen molar-refractivity contribution in [2.75, 3.05) is 12.4 Å². The van der Waals surface area contributed by atoms with E-state index in [9.17, 15) is 0 Å². The van der Waals surface area contributed by atoms with Gasteiger partial charge in [-0.3, -0.25) is 0 Å². The fraction of sp³-hybridized carbons (Fsp3) is 0.294. The summed E-state index contributed by atoms with van der Waals surface area (Å²) in [4.78, 5) is 0. The lowest BCUT2D eigenvalue weighted by molar-refractivity contribution is 0.185. The molecular weight excluding hydrogens is 314 g/mol. The van der Waals surface area contributed by atoms with E-state index in [4.69, 9.17) is 4.74 Å². The predicted molar refractivity (Wildman–Crippen MR) is 88.1 cm³/mol. The molecule has 0 aliphatic carbocycles. The number of hydrogen-bond donors (Lipinski definition) is 1. The Bertz CT molecular complexity index is 555. The van der Waals surface area contributed by atoms with Crippen LogP contribution in [-0.4, -0.2) is 7.11 Å². The summed E-state index contributed by atoms with van der Waals surface area (Å²) < 4.78 is 6.25. The number of methoxy groups -OCH3 is 1. The highest BCUT2D eigenvalue weighted by Gasteiger charge is 2.04. The summed E-state index contributed by atoms with van der Waals surface area (Å²) >= 11 is 3.53. The average molecular weight is 334 g/mol. The maximum Gasteiger partial charge on any atom is 0.0713 e. The molecule has 0 bridgehead atoms. The quantitative estimate of drug-likeness (QED) is 0.846. The van der Waals surface area contributed by atoms with Gasteiger partial charge in [0, 0.05) is 23.8 Å². The molecule has 0 saturated heterocycles. The van der Waals surface area contributed by atoms with E-state index in [2.05, 4.69) is 71.5 Å². The first-order valence-electron chi connectivity index (χ1n) is 6.67. The molecule has 20 heavy (non-hydrogen) atoms. The summed E-state index contributed by atoms with van der Waals surface area (Å²) in [5, 5.41) is 3.52. The maximum atomic E-state index is 5.12. The summed E-state index contributed by atoms with van der Waals surface area (Å²) in [5.41, 5.74) is 6.20. The van der Waals surface area contributed by atoms with E-state index >= 15 is 0 Å². The topological polar surface area (TPSA) is 21.3 Å². The lowest BCUT2D eigenvalue weighted by Crippen LogP contribution is -2.03. The second-order valence-corrected chi connectivity index (χ2v) is 5.93. The number of hydrogen-bond acceptors (Lipinski definition) is 2. The first-order chi connectivity index (χ1) is 9.60. The van der Waals surface area contributed by atoms with Crippen LogP contribution in [0.15, 0.2) is 40.9 Å². The van der Waals surface area contributed by atoms with E-state index in [1.54, 1.807) is 7.11 Å². The average Bonchev–Trinajstić information content (AvgIpc) is 2.39. The van der Waals surface area contributed by atoms with Crippen molar-refractivity contribution in [1.82, 2.24) is 0 Å². The Morgan fingerprint density at radius 1 is 1.00 bits per heavy atom. The van der Waals surface area contributed by atoms with Crippen LogP contribution in [-0.2, 0) is 17.9 Å². The van der Waals surface area contributed by atoms with Gasteiger partial charge in [-0.2, -0.15) is 0 Å². The minimum absolute atomic E-state index is 0.665. The molecule has 0 radical (unpaired) electrons. The molecule has 0 amide bonds. The second-order valence-electron chi connectivity index (χ2n) is 5.02. The van der Waals surface area contributed by atoms with Crippen molar-refractivity contribution in [2.24, 2.45) is 0 Å². The highest BCUT2D eigenvalue weighted by molar-refractivity contribution is 9.10. The third-order valence-electron chi connectivity index (χ3n) is 3.30. The first kappa shape index (κ1) is 15.1. The lowest BCUT2D eigenvalue weighted by Gasteiger charge is -2.13. The number of anilines is 1. The fourth-order valence-corrected chi connectivity index (χ4v) is 2.99. The zero-order chi connectivity index (χ0) is 14.5. The van der Waals surface area contributed by atoms with Crippen molar-refractivity contribution in [3.8, 4) is 0 Å². The molecule has 2 aromatic carbocycles. The Labute approximate surface area is 129 Å². The van der Waals surface area contributed by atoms with Gasteiger partial charge in [0.05, 0.1) is 6.61 Å². The van der Waals surface area contributed by atoms with Crippen molar-refractivity contribution in [3.05, 3.63) is 63.1 Å². The molecule has 0 heterocycles. The molecule has 2 nitrogen and oxygen atoms in total. The summed E-state index contributed by atoms with van der Waals surface area (Å²) in [6.45, 7) is 5.75. The Morgan fingerprint density at radius 3 is 2.10 bits per heavy atom. The minimum Gasteiger partial charge on any atom is -0.381 e. The van der Waals surface area contributed by atoms with Crippen LogP contribution in [0.1, 0.15) is 22.3 Å². The Kier molecular flexibility index (Phi) is 5.21. The number of aryl methyl sites for hydroxylation is 2. The molecule has 0 atom stereocenters. The van der Waals surface area contributed by atoms with Gasteiger partial charge in [0.2, 0.25) is 0 Å². The standard InChI is InChI=1S/C17H20BrNO/c1-12-8-16(18)9-13(2)17(12)19-10-14-4-6-15(7-5-14)11-20-3/h4-9,19H,10-11H2,1-3H3. The summed E-state index contributed by atoms with van der Waals surface area (Å²) in [5.74, 6) is 0. The van der Waals surface area contributed by atoms with Gasteiger partial charge in [-0.1, -0.05) is 40.2 Å². The molecule has 0 aromatic heterocycles. The van der Waals surface area contributed by atoms with Crippen LogP contribution in [0, 0.1) is 13.8 Å². The molecule has 106 valence electrons. The van der Waals surface area contributed by atoms with Gasteiger partial charge >= 0.3 is 0 Å². The molecule has 3 heteroatoms. The number of halogens is 1. The third-order valence-corrected chi connectivity index (χ3v) is 3.76. The minimum atomic E-state index is 0.665. The Morgan fingerprint density at radius 2 is 1.55 bits per heavy atom. The van der Waals surface area contributed by atoms with Gasteiger partial charge in [-0.05, 0) is 48.2 Å². The number of rotatable bonds is 5. The van der Waals surface area contributed by atoms with E-state index < -0.39 is 0 Å². The van der Waals surface area contributed by atoms with Crippen molar-refractivity contribution in [3.63, 3.8) is 0 Å². The monoisotopic (exact) mass is 333 g/mol. The smallest absolute Gasteiger partial charge is 0.0713 e. The zero-order valence-corrected chi connectivity index (χ0v) is 13.8. The van der Waals surface area contributed by atoms with Crippen LogP contribution in [0.25, 0.3) is 0 Å². The molecule has 0 aliphatic heterocycles. The van der Waals surface area contributed by atoms with Crippen molar-refractivity contribution >= 4 is 21.6 Å². The maximum absolute atomic E-state index is 5.12. The number of benzene rings is 2. The first-order valence-corrected chi connectivity index (χ1v) is 7.47. The van der Waals surface area contributed by atoms with Crippen LogP contribution in [0.2, 0.25) is 0 Å². The van der Waals surface area contributed by atoms with Crippen LogP contribution >= 0.6 is 15.9 Å². The molecule has 0 fully saturated rings. The molecule has 1 N–H and O–H groups in total. The second kappa shape index (κ2) is 6.91. The van der Waals surface area contributed by atoms with E-state index in [1.165, 1.54) is 27.9 Å². The predicted octanol–water partition coefficient (Wildman–Crippen LogP) is 4.82. The van der Waals surface area contributed by atoms with E-state index in [-0.39, 0.29) is 0 Å². The molecule has 2 aromatic rings. The third kappa shape index (κ3) is 3.84. The SMILES string of the molecule is COCc1ccc(CNc2c(C)cc(Br)cc2C)cc1. The van der Waals surface area contributed by atoms with E-state index in [0.717, 1.165) is 11.0 Å². The zero-order valence-electron chi connectivity index (χ0n) is 12.2. The van der Waals surface area contributed by atoms with Gasteiger partial charge < -0.3 is 10.1 Å². The Hall–Kier alpha value is -1.32. The van der Waals surface area contributed by atoms with Crippen LogP contribution in [0.5, 0.6) is 0 Å². The van der Waals surface area contributed by atoms with Crippen LogP contribution < -0.4 is 5.32 Å². The van der Waals surface area contributed by atoms with Gasteiger partial charge in [-0.15, -0.1) is 0 Å². The number of ether oxygens (including phenoxy) is 1. The van der Waals surface area contributed by atoms with Crippen molar-refractivity contribution < 1.29 is 4.74 Å². The van der Waals surface area contributed by atoms with Gasteiger partial charge in [0.1, 0.15) is 0 Å². The highest BCUT2D eigenvalue weighted by atomic mass is 79.9. The normalized spacial score (nSPS) is 10.6. The molecule has 2 rings (SSSR count). The summed E-state index contributed by atoms with van der Waals surface area (Å²) in [6, 6.07) is 12.8. The van der Waals surface area contributed by atoms with Crippen molar-refractivity contribution in [1.29, 1.82) is 0 Å². The largest absolute Gasteiger partial charge is 0.381 e. The van der Waals surface area contributed by atoms with E-state index in [0.29, 0.717) is 6.61 Å². The summed E-state index contributed by atoms with van der Waals surface area (Å²) in [7, 11) is 1.72.